The number of allylic oxidation sites excluding steroid dienone is 1. The van der Waals surface area contributed by atoms with Crippen LogP contribution < -0.4 is 5.32 Å². The Bertz CT molecular complexity index is 580. The molecule has 120 valence electrons. The van der Waals surface area contributed by atoms with Crippen LogP contribution in [-0.4, -0.2) is 37.0 Å². The molecule has 0 bridgehead atoms. The number of likely N-dealkylation sites (N-methyl/N-ethyl adjacent to an activating group) is 1. The SMILES string of the molecule is C=CCCC(=O)Nc1sc2c(c1C(=O)OCC)CCN(C)C2. The number of amides is 1. The first-order valence-corrected chi connectivity index (χ1v) is 8.29. The molecule has 5 nitrogen and oxygen atoms in total. The standard InChI is InChI=1S/C16H22N2O3S/c1-4-6-7-13(19)17-15-14(16(20)21-5-2)11-8-9-18(3)10-12(11)22-15/h4H,1,5-10H2,2-3H3,(H,17,19). The molecule has 0 aliphatic carbocycles. The van der Waals surface area contributed by atoms with E-state index in [2.05, 4.69) is 23.8 Å². The van der Waals surface area contributed by atoms with Crippen molar-refractivity contribution in [3.8, 4) is 0 Å². The van der Waals surface area contributed by atoms with Crippen LogP contribution >= 0.6 is 11.3 Å². The van der Waals surface area contributed by atoms with Gasteiger partial charge < -0.3 is 15.0 Å². The van der Waals surface area contributed by atoms with E-state index in [0.717, 1.165) is 30.0 Å². The van der Waals surface area contributed by atoms with Crippen molar-refractivity contribution in [3.05, 3.63) is 28.7 Å². The molecule has 0 saturated carbocycles. The van der Waals surface area contributed by atoms with Gasteiger partial charge in [-0.2, -0.15) is 0 Å². The number of carbonyl (C=O) groups is 2. The highest BCUT2D eigenvalue weighted by Crippen LogP contribution is 2.37. The van der Waals surface area contributed by atoms with E-state index in [-0.39, 0.29) is 11.9 Å². The normalized spacial score (nSPS) is 14.3. The molecule has 1 N–H and O–H groups in total. The fourth-order valence-corrected chi connectivity index (χ4v) is 3.79. The smallest absolute Gasteiger partial charge is 0.341 e. The van der Waals surface area contributed by atoms with Crippen molar-refractivity contribution in [2.24, 2.45) is 0 Å². The van der Waals surface area contributed by atoms with E-state index in [1.54, 1.807) is 13.0 Å². The van der Waals surface area contributed by atoms with E-state index >= 15 is 0 Å². The average molecular weight is 322 g/mol. The summed E-state index contributed by atoms with van der Waals surface area (Å²) in [5, 5.41) is 3.49. The number of nitrogens with zero attached hydrogens (tertiary/aromatic N) is 1. The lowest BCUT2D eigenvalue weighted by Crippen LogP contribution is -2.26. The lowest BCUT2D eigenvalue weighted by Gasteiger charge is -2.22. The third-order valence-electron chi connectivity index (χ3n) is 3.56. The molecule has 0 unspecified atom stereocenters. The zero-order chi connectivity index (χ0) is 16.1. The van der Waals surface area contributed by atoms with Crippen LogP contribution in [0.5, 0.6) is 0 Å². The second-order valence-electron chi connectivity index (χ2n) is 5.29. The summed E-state index contributed by atoms with van der Waals surface area (Å²) in [4.78, 5) is 27.6. The molecule has 1 aromatic heterocycles. The van der Waals surface area contributed by atoms with Crippen molar-refractivity contribution in [1.29, 1.82) is 0 Å². The summed E-state index contributed by atoms with van der Waals surface area (Å²) in [5.74, 6) is -0.444. The van der Waals surface area contributed by atoms with Crippen LogP contribution in [0, 0.1) is 0 Å². The summed E-state index contributed by atoms with van der Waals surface area (Å²) in [6.07, 6.45) is 3.50. The molecular weight excluding hydrogens is 300 g/mol. The van der Waals surface area contributed by atoms with Crippen molar-refractivity contribution in [2.75, 3.05) is 25.5 Å². The molecule has 0 radical (unpaired) electrons. The van der Waals surface area contributed by atoms with Gasteiger partial charge >= 0.3 is 5.97 Å². The van der Waals surface area contributed by atoms with Gasteiger partial charge in [0.1, 0.15) is 5.00 Å². The molecule has 2 heterocycles. The molecule has 0 atom stereocenters. The number of ether oxygens (including phenoxy) is 1. The Kier molecular flexibility index (Phi) is 5.74. The number of hydrogen-bond donors (Lipinski definition) is 1. The first kappa shape index (κ1) is 16.7. The maximum absolute atomic E-state index is 12.3. The highest BCUT2D eigenvalue weighted by Gasteiger charge is 2.28. The van der Waals surface area contributed by atoms with Gasteiger partial charge in [-0.25, -0.2) is 4.79 Å². The van der Waals surface area contributed by atoms with Gasteiger partial charge in [-0.05, 0) is 32.4 Å². The zero-order valence-corrected chi connectivity index (χ0v) is 13.9. The van der Waals surface area contributed by atoms with Gasteiger partial charge in [-0.1, -0.05) is 6.08 Å². The van der Waals surface area contributed by atoms with Crippen LogP contribution in [0.3, 0.4) is 0 Å². The molecule has 0 spiro atoms. The van der Waals surface area contributed by atoms with E-state index in [1.165, 1.54) is 11.3 Å². The molecule has 0 aromatic carbocycles. The molecule has 0 saturated heterocycles. The first-order chi connectivity index (χ1) is 10.6. The summed E-state index contributed by atoms with van der Waals surface area (Å²) in [5.41, 5.74) is 1.57. The molecule has 1 aromatic rings. The Morgan fingerprint density at radius 2 is 2.27 bits per heavy atom. The average Bonchev–Trinajstić information content (AvgIpc) is 2.82. The van der Waals surface area contributed by atoms with Crippen molar-refractivity contribution in [1.82, 2.24) is 4.90 Å². The topological polar surface area (TPSA) is 58.6 Å². The van der Waals surface area contributed by atoms with Gasteiger partial charge in [-0.3, -0.25) is 4.79 Å². The fraction of sp³-hybridized carbons (Fsp3) is 0.500. The Labute approximate surface area is 135 Å². The number of thiophene rings is 1. The van der Waals surface area contributed by atoms with Crippen molar-refractivity contribution in [2.45, 2.75) is 32.7 Å². The summed E-state index contributed by atoms with van der Waals surface area (Å²) in [7, 11) is 2.05. The molecule has 2 rings (SSSR count). The molecule has 1 amide bonds. The number of hydrogen-bond acceptors (Lipinski definition) is 5. The van der Waals surface area contributed by atoms with E-state index in [9.17, 15) is 9.59 Å². The number of nitrogens with one attached hydrogen (secondary N) is 1. The summed E-state index contributed by atoms with van der Waals surface area (Å²) < 4.78 is 5.17. The first-order valence-electron chi connectivity index (χ1n) is 7.47. The van der Waals surface area contributed by atoms with Crippen LogP contribution in [0.25, 0.3) is 0 Å². The molecule has 0 fully saturated rings. The third-order valence-corrected chi connectivity index (χ3v) is 4.69. The number of anilines is 1. The monoisotopic (exact) mass is 322 g/mol. The Hall–Kier alpha value is -1.66. The van der Waals surface area contributed by atoms with Gasteiger partial charge in [0.05, 0.1) is 12.2 Å². The predicted octanol–water partition coefficient (Wildman–Crippen LogP) is 2.82. The van der Waals surface area contributed by atoms with Gasteiger partial charge in [0.25, 0.3) is 0 Å². The minimum Gasteiger partial charge on any atom is -0.462 e. The molecular formula is C16H22N2O3S. The molecule has 1 aliphatic heterocycles. The molecule has 22 heavy (non-hydrogen) atoms. The zero-order valence-electron chi connectivity index (χ0n) is 13.1. The minimum absolute atomic E-state index is 0.0996. The van der Waals surface area contributed by atoms with Gasteiger partial charge in [0.15, 0.2) is 0 Å². The van der Waals surface area contributed by atoms with Crippen molar-refractivity contribution < 1.29 is 14.3 Å². The van der Waals surface area contributed by atoms with Crippen LogP contribution in [-0.2, 0) is 22.5 Å². The van der Waals surface area contributed by atoms with Crippen molar-refractivity contribution >= 4 is 28.2 Å². The Morgan fingerprint density at radius 3 is 2.95 bits per heavy atom. The van der Waals surface area contributed by atoms with E-state index < -0.39 is 0 Å². The van der Waals surface area contributed by atoms with Crippen LogP contribution in [0.1, 0.15) is 40.6 Å². The maximum atomic E-state index is 12.3. The lowest BCUT2D eigenvalue weighted by molar-refractivity contribution is -0.116. The fourth-order valence-electron chi connectivity index (χ4n) is 2.46. The van der Waals surface area contributed by atoms with E-state index in [0.29, 0.717) is 30.0 Å². The van der Waals surface area contributed by atoms with Crippen LogP contribution in [0.15, 0.2) is 12.7 Å². The highest BCUT2D eigenvalue weighted by atomic mass is 32.1. The number of rotatable bonds is 6. The largest absolute Gasteiger partial charge is 0.462 e. The second-order valence-corrected chi connectivity index (χ2v) is 6.40. The van der Waals surface area contributed by atoms with Crippen molar-refractivity contribution in [3.63, 3.8) is 0 Å². The van der Waals surface area contributed by atoms with Gasteiger partial charge in [0.2, 0.25) is 5.91 Å². The number of carbonyl (C=O) groups excluding carboxylic acids is 2. The predicted molar refractivity (Wildman–Crippen MR) is 88.4 cm³/mol. The van der Waals surface area contributed by atoms with Crippen LogP contribution in [0.2, 0.25) is 0 Å². The quantitative estimate of drug-likeness (QED) is 0.646. The van der Waals surface area contributed by atoms with Crippen LogP contribution in [0.4, 0.5) is 5.00 Å². The summed E-state index contributed by atoms with van der Waals surface area (Å²) in [6.45, 7) is 7.43. The van der Waals surface area contributed by atoms with Gasteiger partial charge in [0, 0.05) is 24.4 Å². The van der Waals surface area contributed by atoms with E-state index in [1.807, 2.05) is 0 Å². The number of fused-ring (bicyclic) bond motifs is 1. The second kappa shape index (κ2) is 7.56. The summed E-state index contributed by atoms with van der Waals surface area (Å²) >= 11 is 1.48. The number of esters is 1. The maximum Gasteiger partial charge on any atom is 0.341 e. The lowest BCUT2D eigenvalue weighted by atomic mass is 10.0. The highest BCUT2D eigenvalue weighted by molar-refractivity contribution is 7.17. The minimum atomic E-state index is -0.344. The Balaban J connectivity index is 2.29. The molecule has 6 heteroatoms. The molecule has 1 aliphatic rings. The Morgan fingerprint density at radius 1 is 1.50 bits per heavy atom. The summed E-state index contributed by atoms with van der Waals surface area (Å²) in [6, 6.07) is 0. The van der Waals surface area contributed by atoms with E-state index in [4.69, 9.17) is 4.74 Å². The van der Waals surface area contributed by atoms with Gasteiger partial charge in [-0.15, -0.1) is 17.9 Å². The third kappa shape index (κ3) is 3.75.